The average molecular weight is 76.1 g/mol. The van der Waals surface area contributed by atoms with Gasteiger partial charge in [0.15, 0.2) is 0 Å². The van der Waals surface area contributed by atoms with Crippen LogP contribution in [0.15, 0.2) is 0 Å². The Balaban J connectivity index is 2.85. The summed E-state index contributed by atoms with van der Waals surface area (Å²) in [5, 5.41) is 9.17. The van der Waals surface area contributed by atoms with E-state index in [1.807, 2.05) is 0 Å². The standard InChI is InChI=1S/C2H5NO2/c1-2-3(4)5/h2H2,1H3/i2+1. The molecule has 0 aromatic heterocycles. The van der Waals surface area contributed by atoms with Crippen molar-refractivity contribution in [1.82, 2.24) is 0 Å². The lowest BCUT2D eigenvalue weighted by atomic mass is 11.3. The van der Waals surface area contributed by atoms with Gasteiger partial charge in [0.1, 0.15) is 0 Å². The van der Waals surface area contributed by atoms with Gasteiger partial charge < -0.3 is 0 Å². The summed E-state index contributed by atoms with van der Waals surface area (Å²) >= 11 is 0. The highest BCUT2D eigenvalue weighted by atomic mass is 16.6. The third kappa shape index (κ3) is 3.40. The zero-order valence-corrected chi connectivity index (χ0v) is 2.97. The summed E-state index contributed by atoms with van der Waals surface area (Å²) in [5.74, 6) is 0. The van der Waals surface area contributed by atoms with Crippen LogP contribution in [0, 0.1) is 10.1 Å². The van der Waals surface area contributed by atoms with Gasteiger partial charge in [-0.05, 0) is 0 Å². The number of hydrogen-bond acceptors (Lipinski definition) is 2. The molecule has 0 aliphatic carbocycles. The summed E-state index contributed by atoms with van der Waals surface area (Å²) in [6, 6.07) is 0. The van der Waals surface area contributed by atoms with E-state index in [1.54, 1.807) is 0 Å². The predicted molar refractivity (Wildman–Crippen MR) is 17.5 cm³/mol. The maximum atomic E-state index is 9.17. The molecule has 0 aliphatic heterocycles. The fourth-order valence-corrected chi connectivity index (χ4v) is 0. The van der Waals surface area contributed by atoms with E-state index in [2.05, 4.69) is 0 Å². The molecule has 0 rings (SSSR count). The SMILES string of the molecule is C[13CH2][N+](=O)[O-]. The summed E-state index contributed by atoms with van der Waals surface area (Å²) in [4.78, 5) is 8.80. The highest BCUT2D eigenvalue weighted by Gasteiger charge is 1.76. The van der Waals surface area contributed by atoms with E-state index in [0.29, 0.717) is 0 Å². The second-order valence-electron chi connectivity index (χ2n) is 0.649. The molecule has 30 valence electrons. The van der Waals surface area contributed by atoms with Crippen LogP contribution in [0.4, 0.5) is 0 Å². The number of hydrogen-bond donors (Lipinski definition) is 0. The molecule has 0 aromatic rings. The summed E-state index contributed by atoms with van der Waals surface area (Å²) in [5.41, 5.74) is 0. The molecule has 0 N–H and O–H groups in total. The largest absolute Gasteiger partial charge is 0.265 e. The van der Waals surface area contributed by atoms with Crippen molar-refractivity contribution in [3.05, 3.63) is 10.1 Å². The van der Waals surface area contributed by atoms with Crippen LogP contribution in [0.3, 0.4) is 0 Å². The first-order valence-electron chi connectivity index (χ1n) is 1.39. The lowest BCUT2D eigenvalue weighted by Crippen LogP contribution is -1.92. The third-order valence-electron chi connectivity index (χ3n) is 0.258. The molecule has 0 saturated heterocycles. The van der Waals surface area contributed by atoms with E-state index in [4.69, 9.17) is 0 Å². The second-order valence-corrected chi connectivity index (χ2v) is 0.649. The molecular weight excluding hydrogens is 71.0 g/mol. The van der Waals surface area contributed by atoms with Gasteiger partial charge in [0.2, 0.25) is 6.54 Å². The lowest BCUT2D eigenvalue weighted by Gasteiger charge is -1.73. The van der Waals surface area contributed by atoms with E-state index in [-0.39, 0.29) is 11.5 Å². The topological polar surface area (TPSA) is 43.1 Å². The molecule has 0 bridgehead atoms. The van der Waals surface area contributed by atoms with Gasteiger partial charge in [0, 0.05) is 11.8 Å². The average Bonchev–Trinajstić information content (AvgIpc) is 1.38. The van der Waals surface area contributed by atoms with E-state index in [9.17, 15) is 10.1 Å². The van der Waals surface area contributed by atoms with Gasteiger partial charge >= 0.3 is 0 Å². The van der Waals surface area contributed by atoms with E-state index in [1.165, 1.54) is 6.92 Å². The van der Waals surface area contributed by atoms with Gasteiger partial charge in [0.25, 0.3) is 0 Å². The van der Waals surface area contributed by atoms with Crippen molar-refractivity contribution in [3.8, 4) is 0 Å². The highest BCUT2D eigenvalue weighted by Crippen LogP contribution is 1.57. The Labute approximate surface area is 29.8 Å². The molecule has 5 heavy (non-hydrogen) atoms. The quantitative estimate of drug-likeness (QED) is 0.256. The third-order valence-corrected chi connectivity index (χ3v) is 0.258. The van der Waals surface area contributed by atoms with Crippen molar-refractivity contribution in [3.63, 3.8) is 0 Å². The predicted octanol–water partition coefficient (Wildman–Crippen LogP) is 0.283. The minimum absolute atomic E-state index is 0.0278. The molecule has 3 nitrogen and oxygen atoms in total. The number of rotatable bonds is 1. The van der Waals surface area contributed by atoms with Crippen LogP contribution in [-0.4, -0.2) is 11.5 Å². The Morgan fingerprint density at radius 3 is 2.20 bits per heavy atom. The number of nitrogens with zero attached hydrogens (tertiary/aromatic N) is 1. The minimum Gasteiger partial charge on any atom is -0.265 e. The lowest BCUT2D eigenvalue weighted by molar-refractivity contribution is -0.475. The van der Waals surface area contributed by atoms with E-state index >= 15 is 0 Å². The molecule has 0 heterocycles. The molecule has 0 unspecified atom stereocenters. The molecule has 0 fully saturated rings. The minimum atomic E-state index is -0.375. The van der Waals surface area contributed by atoms with Gasteiger partial charge in [-0.15, -0.1) is 0 Å². The van der Waals surface area contributed by atoms with E-state index in [0.717, 1.165) is 0 Å². The monoisotopic (exact) mass is 76.0 g/mol. The maximum absolute atomic E-state index is 9.17. The number of nitro groups is 1. The van der Waals surface area contributed by atoms with Gasteiger partial charge in [-0.2, -0.15) is 0 Å². The maximum Gasteiger partial charge on any atom is 0.201 e. The Morgan fingerprint density at radius 2 is 2.20 bits per heavy atom. The zero-order valence-electron chi connectivity index (χ0n) is 2.97. The molecule has 0 spiro atoms. The Kier molecular flexibility index (Phi) is 1.49. The van der Waals surface area contributed by atoms with Crippen LogP contribution in [0.5, 0.6) is 0 Å². The van der Waals surface area contributed by atoms with Gasteiger partial charge in [-0.25, -0.2) is 0 Å². The molecule has 0 amide bonds. The molecular formula is C2H5NO2. The molecule has 3 heteroatoms. The second kappa shape index (κ2) is 1.69. The van der Waals surface area contributed by atoms with Crippen molar-refractivity contribution in [2.75, 3.05) is 6.54 Å². The van der Waals surface area contributed by atoms with Crippen LogP contribution >= 0.6 is 0 Å². The Bertz CT molecular complexity index is 42.9. The first kappa shape index (κ1) is 4.40. The summed E-state index contributed by atoms with van der Waals surface area (Å²) in [7, 11) is 0. The first-order valence-corrected chi connectivity index (χ1v) is 1.39. The van der Waals surface area contributed by atoms with Crippen LogP contribution < -0.4 is 0 Å². The van der Waals surface area contributed by atoms with Crippen LogP contribution in [0.1, 0.15) is 6.92 Å². The smallest absolute Gasteiger partial charge is 0.201 e. The van der Waals surface area contributed by atoms with Gasteiger partial charge in [0.05, 0.1) is 0 Å². The van der Waals surface area contributed by atoms with Crippen LogP contribution in [-0.2, 0) is 0 Å². The van der Waals surface area contributed by atoms with Crippen LogP contribution in [0.2, 0.25) is 0 Å². The Hall–Kier alpha value is -0.600. The zero-order chi connectivity index (χ0) is 4.28. The van der Waals surface area contributed by atoms with E-state index < -0.39 is 0 Å². The van der Waals surface area contributed by atoms with Crippen molar-refractivity contribution in [1.29, 1.82) is 0 Å². The fourth-order valence-electron chi connectivity index (χ4n) is 0. The van der Waals surface area contributed by atoms with Crippen molar-refractivity contribution < 1.29 is 4.92 Å². The molecule has 0 radical (unpaired) electrons. The van der Waals surface area contributed by atoms with Gasteiger partial charge in [-0.1, -0.05) is 0 Å². The summed E-state index contributed by atoms with van der Waals surface area (Å²) in [6.07, 6.45) is 0. The van der Waals surface area contributed by atoms with Crippen molar-refractivity contribution in [2.24, 2.45) is 0 Å². The normalized spacial score (nSPS) is 7.40. The first-order chi connectivity index (χ1) is 2.27. The molecule has 0 aromatic carbocycles. The molecule has 0 saturated carbocycles. The van der Waals surface area contributed by atoms with Crippen molar-refractivity contribution in [2.45, 2.75) is 6.92 Å². The molecule has 0 atom stereocenters. The summed E-state index contributed by atoms with van der Waals surface area (Å²) < 4.78 is 0. The summed E-state index contributed by atoms with van der Waals surface area (Å²) in [6.45, 7) is 1.53. The molecule has 0 aliphatic rings. The van der Waals surface area contributed by atoms with Crippen LogP contribution in [0.25, 0.3) is 0 Å². The Morgan fingerprint density at radius 1 is 2.00 bits per heavy atom. The van der Waals surface area contributed by atoms with Gasteiger partial charge in [-0.3, -0.25) is 10.1 Å². The fraction of sp³-hybridized carbons (Fsp3) is 1.00. The highest BCUT2D eigenvalue weighted by molar-refractivity contribution is 4.04. The van der Waals surface area contributed by atoms with Crippen molar-refractivity contribution >= 4 is 0 Å².